The maximum Gasteiger partial charge on any atom is 0.220 e. The van der Waals surface area contributed by atoms with Crippen LogP contribution in [-0.2, 0) is 4.79 Å². The van der Waals surface area contributed by atoms with E-state index in [1.165, 1.54) is 0 Å². The molecule has 0 radical (unpaired) electrons. The van der Waals surface area contributed by atoms with Crippen molar-refractivity contribution in [1.82, 2.24) is 5.32 Å². The second kappa shape index (κ2) is 5.43. The van der Waals surface area contributed by atoms with Gasteiger partial charge < -0.3 is 11.1 Å². The molecule has 3 nitrogen and oxygen atoms in total. The van der Waals surface area contributed by atoms with Crippen molar-refractivity contribution in [2.75, 3.05) is 13.1 Å². The van der Waals surface area contributed by atoms with Crippen molar-refractivity contribution in [3.8, 4) is 0 Å². The van der Waals surface area contributed by atoms with Crippen LogP contribution in [-0.4, -0.2) is 19.0 Å². The Labute approximate surface area is 118 Å². The standard InChI is InChI=1S/C16H32N2O/c1-14(2,9-10-17)8-7-13(19)18-11-12-15(3,4)16(12,5)6/h12H,7-11,17H2,1-6H3,(H,18,19). The molecule has 1 amide bonds. The number of carbonyl (C=O) groups is 1. The largest absolute Gasteiger partial charge is 0.356 e. The molecule has 1 aliphatic carbocycles. The van der Waals surface area contributed by atoms with E-state index < -0.39 is 0 Å². The summed E-state index contributed by atoms with van der Waals surface area (Å²) in [6.07, 6.45) is 2.50. The number of carbonyl (C=O) groups excluding carboxylic acids is 1. The van der Waals surface area contributed by atoms with Crippen LogP contribution in [0.3, 0.4) is 0 Å². The molecule has 19 heavy (non-hydrogen) atoms. The molecule has 3 N–H and O–H groups in total. The van der Waals surface area contributed by atoms with Gasteiger partial charge in [-0.1, -0.05) is 41.5 Å². The molecule has 0 spiro atoms. The van der Waals surface area contributed by atoms with Gasteiger partial charge in [0.2, 0.25) is 5.91 Å². The molecule has 0 aliphatic heterocycles. The Morgan fingerprint density at radius 3 is 2.11 bits per heavy atom. The highest BCUT2D eigenvalue weighted by atomic mass is 16.1. The number of hydrogen-bond acceptors (Lipinski definition) is 2. The van der Waals surface area contributed by atoms with Crippen molar-refractivity contribution in [3.05, 3.63) is 0 Å². The molecule has 0 aromatic carbocycles. The fourth-order valence-electron chi connectivity index (χ4n) is 3.12. The van der Waals surface area contributed by atoms with Crippen LogP contribution in [0, 0.1) is 22.2 Å². The van der Waals surface area contributed by atoms with E-state index in [9.17, 15) is 4.79 Å². The van der Waals surface area contributed by atoms with Crippen LogP contribution in [0.5, 0.6) is 0 Å². The fraction of sp³-hybridized carbons (Fsp3) is 0.938. The third-order valence-corrected chi connectivity index (χ3v) is 5.67. The van der Waals surface area contributed by atoms with E-state index in [0.717, 1.165) is 19.4 Å². The van der Waals surface area contributed by atoms with Crippen molar-refractivity contribution >= 4 is 5.91 Å². The highest BCUT2D eigenvalue weighted by Crippen LogP contribution is 2.67. The highest BCUT2D eigenvalue weighted by Gasteiger charge is 2.64. The van der Waals surface area contributed by atoms with Gasteiger partial charge in [-0.15, -0.1) is 0 Å². The topological polar surface area (TPSA) is 55.1 Å². The molecule has 112 valence electrons. The summed E-state index contributed by atoms with van der Waals surface area (Å²) < 4.78 is 0. The number of hydrogen-bond donors (Lipinski definition) is 2. The van der Waals surface area contributed by atoms with Gasteiger partial charge in [0.1, 0.15) is 0 Å². The van der Waals surface area contributed by atoms with Crippen LogP contribution in [0.15, 0.2) is 0 Å². The van der Waals surface area contributed by atoms with Gasteiger partial charge in [0.25, 0.3) is 0 Å². The Morgan fingerprint density at radius 2 is 1.68 bits per heavy atom. The highest BCUT2D eigenvalue weighted by molar-refractivity contribution is 5.75. The molecule has 0 bridgehead atoms. The summed E-state index contributed by atoms with van der Waals surface area (Å²) in [7, 11) is 0. The van der Waals surface area contributed by atoms with E-state index in [0.29, 0.717) is 29.7 Å². The maximum atomic E-state index is 11.9. The average molecular weight is 268 g/mol. The second-order valence-corrected chi connectivity index (χ2v) is 8.00. The van der Waals surface area contributed by atoms with Gasteiger partial charge in [-0.3, -0.25) is 4.79 Å². The van der Waals surface area contributed by atoms with E-state index in [4.69, 9.17) is 5.73 Å². The lowest BCUT2D eigenvalue weighted by Gasteiger charge is -2.23. The summed E-state index contributed by atoms with van der Waals surface area (Å²) in [5.41, 5.74) is 6.45. The third kappa shape index (κ3) is 3.71. The van der Waals surface area contributed by atoms with Gasteiger partial charge >= 0.3 is 0 Å². The molecule has 0 atom stereocenters. The zero-order chi connectivity index (χ0) is 14.9. The smallest absolute Gasteiger partial charge is 0.220 e. The van der Waals surface area contributed by atoms with Gasteiger partial charge in [-0.2, -0.15) is 0 Å². The summed E-state index contributed by atoms with van der Waals surface area (Å²) in [5.74, 6) is 0.782. The summed E-state index contributed by atoms with van der Waals surface area (Å²) in [5, 5.41) is 3.10. The summed E-state index contributed by atoms with van der Waals surface area (Å²) in [6, 6.07) is 0. The van der Waals surface area contributed by atoms with Gasteiger partial charge in [0, 0.05) is 13.0 Å². The Kier molecular flexibility index (Phi) is 4.71. The Bertz CT molecular complexity index is 318. The van der Waals surface area contributed by atoms with Gasteiger partial charge in [0.15, 0.2) is 0 Å². The van der Waals surface area contributed by atoms with Crippen molar-refractivity contribution < 1.29 is 4.79 Å². The lowest BCUT2D eigenvalue weighted by atomic mass is 9.84. The van der Waals surface area contributed by atoms with E-state index in [1.54, 1.807) is 0 Å². The number of nitrogens with one attached hydrogen (secondary N) is 1. The van der Waals surface area contributed by atoms with Crippen LogP contribution >= 0.6 is 0 Å². The lowest BCUT2D eigenvalue weighted by Crippen LogP contribution is -2.28. The summed E-state index contributed by atoms with van der Waals surface area (Å²) in [4.78, 5) is 11.9. The molecule has 0 aromatic rings. The molecule has 0 saturated heterocycles. The predicted molar refractivity (Wildman–Crippen MR) is 80.7 cm³/mol. The third-order valence-electron chi connectivity index (χ3n) is 5.67. The summed E-state index contributed by atoms with van der Waals surface area (Å²) in [6.45, 7) is 15.0. The van der Waals surface area contributed by atoms with E-state index in [-0.39, 0.29) is 11.3 Å². The van der Waals surface area contributed by atoms with E-state index in [2.05, 4.69) is 46.9 Å². The SMILES string of the molecule is CC(C)(CCN)CCC(=O)NCC1C(C)(C)C1(C)C. The first kappa shape index (κ1) is 16.5. The molecular formula is C16H32N2O. The first-order valence-electron chi connectivity index (χ1n) is 7.51. The minimum atomic E-state index is 0.171. The molecule has 3 heteroatoms. The van der Waals surface area contributed by atoms with E-state index in [1.807, 2.05) is 0 Å². The molecule has 1 rings (SSSR count). The van der Waals surface area contributed by atoms with Crippen LogP contribution in [0.25, 0.3) is 0 Å². The fourth-order valence-corrected chi connectivity index (χ4v) is 3.12. The van der Waals surface area contributed by atoms with Crippen LogP contribution in [0.4, 0.5) is 0 Å². The predicted octanol–water partition coefficient (Wildman–Crippen LogP) is 2.94. The zero-order valence-electron chi connectivity index (χ0n) is 13.6. The van der Waals surface area contributed by atoms with Crippen molar-refractivity contribution in [2.45, 2.75) is 60.8 Å². The molecule has 0 aromatic heterocycles. The quantitative estimate of drug-likeness (QED) is 0.746. The monoisotopic (exact) mass is 268 g/mol. The van der Waals surface area contributed by atoms with Gasteiger partial charge in [-0.25, -0.2) is 0 Å². The molecule has 1 saturated carbocycles. The van der Waals surface area contributed by atoms with Crippen LogP contribution < -0.4 is 11.1 Å². The van der Waals surface area contributed by atoms with Crippen LogP contribution in [0.2, 0.25) is 0 Å². The minimum absolute atomic E-state index is 0.171. The second-order valence-electron chi connectivity index (χ2n) is 8.00. The molecule has 0 heterocycles. The number of rotatable bonds is 7. The Morgan fingerprint density at radius 1 is 1.16 bits per heavy atom. The molecular weight excluding hydrogens is 236 g/mol. The maximum absolute atomic E-state index is 11.9. The number of nitrogens with two attached hydrogens (primary N) is 1. The van der Waals surface area contributed by atoms with Crippen LogP contribution in [0.1, 0.15) is 60.8 Å². The van der Waals surface area contributed by atoms with Crippen molar-refractivity contribution in [3.63, 3.8) is 0 Å². The Balaban J connectivity index is 2.27. The van der Waals surface area contributed by atoms with Crippen molar-refractivity contribution in [1.29, 1.82) is 0 Å². The first-order valence-corrected chi connectivity index (χ1v) is 7.51. The molecule has 0 unspecified atom stereocenters. The Hall–Kier alpha value is -0.570. The zero-order valence-corrected chi connectivity index (χ0v) is 13.6. The average Bonchev–Trinajstić information content (AvgIpc) is 2.64. The lowest BCUT2D eigenvalue weighted by molar-refractivity contribution is -0.121. The van der Waals surface area contributed by atoms with Gasteiger partial charge in [-0.05, 0) is 41.5 Å². The van der Waals surface area contributed by atoms with Gasteiger partial charge in [0.05, 0.1) is 0 Å². The minimum Gasteiger partial charge on any atom is -0.356 e. The van der Waals surface area contributed by atoms with Crippen molar-refractivity contribution in [2.24, 2.45) is 27.9 Å². The van der Waals surface area contributed by atoms with E-state index >= 15 is 0 Å². The molecule has 1 aliphatic rings. The first-order chi connectivity index (χ1) is 8.54. The normalized spacial score (nSPS) is 21.2. The number of amides is 1. The summed E-state index contributed by atoms with van der Waals surface area (Å²) >= 11 is 0. The molecule has 1 fully saturated rings.